The van der Waals surface area contributed by atoms with E-state index in [4.69, 9.17) is 0 Å². The molecular formula is C12H16FNO. The standard InChI is InChI=1S/C7H5FO.C5H11N/c8-7-4-2-1-3-6(7)5-9;1-6-4-2-3-5-6/h1-5H;2-5H2,1H3. The Hall–Kier alpha value is -1.22. The number of hydrogen-bond acceptors (Lipinski definition) is 2. The summed E-state index contributed by atoms with van der Waals surface area (Å²) in [6.45, 7) is 2.64. The van der Waals surface area contributed by atoms with Gasteiger partial charge in [0.15, 0.2) is 6.29 Å². The van der Waals surface area contributed by atoms with E-state index in [2.05, 4.69) is 11.9 Å². The molecule has 1 aliphatic rings. The summed E-state index contributed by atoms with van der Waals surface area (Å²) in [5, 5.41) is 0. The van der Waals surface area contributed by atoms with E-state index in [0.717, 1.165) is 0 Å². The topological polar surface area (TPSA) is 20.3 Å². The molecule has 0 saturated carbocycles. The minimum absolute atomic E-state index is 0.109. The molecule has 1 heterocycles. The van der Waals surface area contributed by atoms with Gasteiger partial charge in [0, 0.05) is 0 Å². The number of halogens is 1. The lowest BCUT2D eigenvalue weighted by Gasteiger charge is -2.01. The molecule has 15 heavy (non-hydrogen) atoms. The van der Waals surface area contributed by atoms with Crippen molar-refractivity contribution in [3.63, 3.8) is 0 Å². The van der Waals surface area contributed by atoms with Crippen molar-refractivity contribution in [3.05, 3.63) is 35.6 Å². The number of likely N-dealkylation sites (tertiary alicyclic amines) is 1. The fourth-order valence-corrected chi connectivity index (χ4v) is 1.45. The van der Waals surface area contributed by atoms with Gasteiger partial charge in [-0.2, -0.15) is 0 Å². The van der Waals surface area contributed by atoms with Gasteiger partial charge in [-0.1, -0.05) is 12.1 Å². The predicted molar refractivity (Wildman–Crippen MR) is 58.5 cm³/mol. The number of hydrogen-bond donors (Lipinski definition) is 0. The third kappa shape index (κ3) is 4.21. The highest BCUT2D eigenvalue weighted by atomic mass is 19.1. The summed E-state index contributed by atoms with van der Waals surface area (Å²) >= 11 is 0. The molecule has 1 aromatic carbocycles. The van der Waals surface area contributed by atoms with E-state index in [0.29, 0.717) is 6.29 Å². The van der Waals surface area contributed by atoms with Crippen molar-refractivity contribution < 1.29 is 9.18 Å². The van der Waals surface area contributed by atoms with Crippen LogP contribution in [0.2, 0.25) is 0 Å². The zero-order valence-electron chi connectivity index (χ0n) is 8.95. The maximum atomic E-state index is 12.4. The highest BCUT2D eigenvalue weighted by Gasteiger charge is 2.03. The first-order valence-electron chi connectivity index (χ1n) is 5.12. The van der Waals surface area contributed by atoms with Crippen LogP contribution in [0.3, 0.4) is 0 Å². The molecule has 0 N–H and O–H groups in total. The average Bonchev–Trinajstić information content (AvgIpc) is 2.71. The molecule has 1 aromatic rings. The largest absolute Gasteiger partial charge is 0.306 e. The number of carbonyl (C=O) groups excluding carboxylic acids is 1. The summed E-state index contributed by atoms with van der Waals surface area (Å²) in [6.07, 6.45) is 3.32. The molecule has 0 radical (unpaired) electrons. The molecule has 0 aromatic heterocycles. The minimum Gasteiger partial charge on any atom is -0.306 e. The maximum absolute atomic E-state index is 12.4. The van der Waals surface area contributed by atoms with Gasteiger partial charge >= 0.3 is 0 Å². The molecule has 0 unspecified atom stereocenters. The molecule has 0 amide bonds. The molecule has 82 valence electrons. The SMILES string of the molecule is CN1CCCC1.O=Cc1ccccc1F. The third-order valence-electron chi connectivity index (χ3n) is 2.36. The van der Waals surface area contributed by atoms with Crippen LogP contribution >= 0.6 is 0 Å². The van der Waals surface area contributed by atoms with Gasteiger partial charge in [-0.15, -0.1) is 0 Å². The summed E-state index contributed by atoms with van der Waals surface area (Å²) in [5.41, 5.74) is 0.109. The van der Waals surface area contributed by atoms with Crippen molar-refractivity contribution >= 4 is 6.29 Å². The van der Waals surface area contributed by atoms with E-state index in [-0.39, 0.29) is 5.56 Å². The maximum Gasteiger partial charge on any atom is 0.152 e. The Bertz CT molecular complexity index is 308. The van der Waals surface area contributed by atoms with E-state index >= 15 is 0 Å². The van der Waals surface area contributed by atoms with Crippen LogP contribution in [0.1, 0.15) is 23.2 Å². The number of aldehydes is 1. The Morgan fingerprint density at radius 1 is 1.27 bits per heavy atom. The average molecular weight is 209 g/mol. The third-order valence-corrected chi connectivity index (χ3v) is 2.36. The molecule has 1 saturated heterocycles. The van der Waals surface area contributed by atoms with Crippen LogP contribution in [0.5, 0.6) is 0 Å². The molecule has 0 atom stereocenters. The predicted octanol–water partition coefficient (Wildman–Crippen LogP) is 2.35. The highest BCUT2D eigenvalue weighted by molar-refractivity contribution is 5.74. The van der Waals surface area contributed by atoms with Crippen LogP contribution in [-0.4, -0.2) is 31.3 Å². The monoisotopic (exact) mass is 209 g/mol. The summed E-state index contributed by atoms with van der Waals surface area (Å²) in [6, 6.07) is 5.85. The lowest BCUT2D eigenvalue weighted by molar-refractivity contribution is 0.112. The van der Waals surface area contributed by atoms with Crippen molar-refractivity contribution in [2.24, 2.45) is 0 Å². The molecule has 0 bridgehead atoms. The second-order valence-corrected chi connectivity index (χ2v) is 3.65. The Balaban J connectivity index is 0.000000162. The van der Waals surface area contributed by atoms with Crippen molar-refractivity contribution in [2.75, 3.05) is 20.1 Å². The normalized spacial score (nSPS) is 15.6. The number of benzene rings is 1. The summed E-state index contributed by atoms with van der Waals surface area (Å²) < 4.78 is 12.4. The first-order valence-corrected chi connectivity index (χ1v) is 5.12. The molecule has 1 aliphatic heterocycles. The first-order chi connectivity index (χ1) is 7.24. The molecular weight excluding hydrogens is 193 g/mol. The molecule has 2 nitrogen and oxygen atoms in total. The summed E-state index contributed by atoms with van der Waals surface area (Å²) in [5.74, 6) is -0.465. The molecule has 0 aliphatic carbocycles. The smallest absolute Gasteiger partial charge is 0.152 e. The lowest BCUT2D eigenvalue weighted by Crippen LogP contribution is -2.10. The number of nitrogens with zero attached hydrogens (tertiary/aromatic N) is 1. The second kappa shape index (κ2) is 6.30. The minimum atomic E-state index is -0.465. The van der Waals surface area contributed by atoms with Gasteiger partial charge in [0.25, 0.3) is 0 Å². The van der Waals surface area contributed by atoms with Gasteiger partial charge in [0.05, 0.1) is 5.56 Å². The van der Waals surface area contributed by atoms with Crippen LogP contribution in [-0.2, 0) is 0 Å². The molecule has 3 heteroatoms. The molecule has 2 rings (SSSR count). The van der Waals surface area contributed by atoms with E-state index in [9.17, 15) is 9.18 Å². The van der Waals surface area contributed by atoms with Crippen LogP contribution in [0.15, 0.2) is 24.3 Å². The van der Waals surface area contributed by atoms with Crippen molar-refractivity contribution in [1.82, 2.24) is 4.90 Å². The van der Waals surface area contributed by atoms with Crippen LogP contribution in [0, 0.1) is 5.82 Å². The Morgan fingerprint density at radius 3 is 2.20 bits per heavy atom. The summed E-state index contributed by atoms with van der Waals surface area (Å²) in [7, 11) is 2.17. The van der Waals surface area contributed by atoms with Crippen molar-refractivity contribution in [2.45, 2.75) is 12.8 Å². The quantitative estimate of drug-likeness (QED) is 0.662. The van der Waals surface area contributed by atoms with E-state index < -0.39 is 5.82 Å². The second-order valence-electron chi connectivity index (χ2n) is 3.65. The van der Waals surface area contributed by atoms with E-state index in [1.54, 1.807) is 12.1 Å². The van der Waals surface area contributed by atoms with Gasteiger partial charge in [-0.05, 0) is 45.1 Å². The van der Waals surface area contributed by atoms with Gasteiger partial charge in [0.2, 0.25) is 0 Å². The van der Waals surface area contributed by atoms with E-state index in [1.807, 2.05) is 0 Å². The lowest BCUT2D eigenvalue weighted by atomic mass is 10.2. The van der Waals surface area contributed by atoms with Crippen LogP contribution in [0.4, 0.5) is 4.39 Å². The number of rotatable bonds is 1. The zero-order valence-corrected chi connectivity index (χ0v) is 8.95. The Labute approximate surface area is 89.7 Å². The van der Waals surface area contributed by atoms with E-state index in [1.165, 1.54) is 38.1 Å². The first kappa shape index (κ1) is 11.9. The summed E-state index contributed by atoms with van der Waals surface area (Å²) in [4.78, 5) is 12.3. The number of carbonyl (C=O) groups is 1. The fourth-order valence-electron chi connectivity index (χ4n) is 1.45. The van der Waals surface area contributed by atoms with Gasteiger partial charge in [0.1, 0.15) is 5.82 Å². The van der Waals surface area contributed by atoms with Crippen LogP contribution < -0.4 is 0 Å². The van der Waals surface area contributed by atoms with Gasteiger partial charge < -0.3 is 4.90 Å². The highest BCUT2D eigenvalue weighted by Crippen LogP contribution is 2.02. The Kier molecular flexibility index (Phi) is 4.98. The molecule has 1 fully saturated rings. The van der Waals surface area contributed by atoms with Gasteiger partial charge in [-0.25, -0.2) is 4.39 Å². The van der Waals surface area contributed by atoms with Crippen molar-refractivity contribution in [1.29, 1.82) is 0 Å². The van der Waals surface area contributed by atoms with Crippen molar-refractivity contribution in [3.8, 4) is 0 Å². The zero-order chi connectivity index (χ0) is 11.1. The van der Waals surface area contributed by atoms with Crippen LogP contribution in [0.25, 0.3) is 0 Å². The van der Waals surface area contributed by atoms with Gasteiger partial charge in [-0.3, -0.25) is 4.79 Å². The Morgan fingerprint density at radius 2 is 1.87 bits per heavy atom. The fraction of sp³-hybridized carbons (Fsp3) is 0.417. The molecule has 0 spiro atoms.